The van der Waals surface area contributed by atoms with Crippen molar-refractivity contribution in [3.8, 4) is 11.4 Å². The first-order chi connectivity index (χ1) is 12.5. The summed E-state index contributed by atoms with van der Waals surface area (Å²) in [6.45, 7) is 6.30. The Morgan fingerprint density at radius 2 is 1.73 bits per heavy atom. The van der Waals surface area contributed by atoms with Crippen LogP contribution in [0.4, 0.5) is 5.69 Å². The number of para-hydroxylation sites is 2. The molecule has 4 heteroatoms. The molecule has 0 atom stereocenters. The number of carbonyl (C=O) groups is 1. The smallest absolute Gasteiger partial charge is 0.183 e. The van der Waals surface area contributed by atoms with Crippen LogP contribution in [0.15, 0.2) is 54.6 Å². The second-order valence-electron chi connectivity index (χ2n) is 6.43. The van der Waals surface area contributed by atoms with Gasteiger partial charge in [-0.25, -0.2) is 0 Å². The molecule has 0 saturated carbocycles. The van der Waals surface area contributed by atoms with Gasteiger partial charge in [-0.15, -0.1) is 0 Å². The van der Waals surface area contributed by atoms with Crippen molar-refractivity contribution < 1.29 is 9.53 Å². The first-order valence-corrected chi connectivity index (χ1v) is 8.67. The number of ether oxygens (including phenoxy) is 1. The molecule has 1 N–H and O–H groups in total. The number of hydrogen-bond acceptors (Lipinski definition) is 3. The van der Waals surface area contributed by atoms with Crippen LogP contribution in [0.2, 0.25) is 0 Å². The van der Waals surface area contributed by atoms with Gasteiger partial charge in [-0.05, 0) is 51.1 Å². The van der Waals surface area contributed by atoms with Crippen molar-refractivity contribution in [3.63, 3.8) is 0 Å². The highest BCUT2D eigenvalue weighted by Crippen LogP contribution is 2.24. The Balaban J connectivity index is 1.82. The minimum absolute atomic E-state index is 0.0577. The van der Waals surface area contributed by atoms with Gasteiger partial charge in [0.15, 0.2) is 5.78 Å². The molecule has 0 amide bonds. The fourth-order valence-electron chi connectivity index (χ4n) is 3.20. The van der Waals surface area contributed by atoms with Gasteiger partial charge in [-0.3, -0.25) is 4.79 Å². The summed E-state index contributed by atoms with van der Waals surface area (Å²) in [6, 6.07) is 17.9. The Labute approximate surface area is 154 Å². The Kier molecular flexibility index (Phi) is 5.12. The van der Waals surface area contributed by atoms with Gasteiger partial charge in [0.05, 0.1) is 19.3 Å². The topological polar surface area (TPSA) is 43.3 Å². The van der Waals surface area contributed by atoms with Crippen molar-refractivity contribution in [1.29, 1.82) is 0 Å². The van der Waals surface area contributed by atoms with E-state index in [1.54, 1.807) is 7.11 Å². The average Bonchev–Trinajstić information content (AvgIpc) is 2.95. The van der Waals surface area contributed by atoms with Gasteiger partial charge in [0.25, 0.3) is 0 Å². The maximum absolute atomic E-state index is 12.8. The summed E-state index contributed by atoms with van der Waals surface area (Å²) in [5, 5.41) is 3.18. The van der Waals surface area contributed by atoms with Crippen LogP contribution in [0.5, 0.6) is 5.75 Å². The Bertz CT molecular complexity index is 924. The van der Waals surface area contributed by atoms with Crippen molar-refractivity contribution in [3.05, 3.63) is 77.1 Å². The predicted octanol–water partition coefficient (Wildman–Crippen LogP) is 4.71. The van der Waals surface area contributed by atoms with Crippen molar-refractivity contribution in [2.45, 2.75) is 20.8 Å². The average molecular weight is 348 g/mol. The second kappa shape index (κ2) is 7.48. The van der Waals surface area contributed by atoms with Crippen molar-refractivity contribution >= 4 is 11.5 Å². The monoisotopic (exact) mass is 348 g/mol. The zero-order valence-electron chi connectivity index (χ0n) is 15.7. The number of rotatable bonds is 6. The van der Waals surface area contributed by atoms with Gasteiger partial charge >= 0.3 is 0 Å². The second-order valence-corrected chi connectivity index (χ2v) is 6.43. The van der Waals surface area contributed by atoms with Crippen LogP contribution in [-0.4, -0.2) is 24.0 Å². The van der Waals surface area contributed by atoms with Crippen molar-refractivity contribution in [2.24, 2.45) is 0 Å². The summed E-state index contributed by atoms with van der Waals surface area (Å²) >= 11 is 0. The van der Waals surface area contributed by atoms with E-state index in [0.717, 1.165) is 34.1 Å². The molecule has 4 nitrogen and oxygen atoms in total. The highest BCUT2D eigenvalue weighted by atomic mass is 16.5. The van der Waals surface area contributed by atoms with Gasteiger partial charge in [0.1, 0.15) is 5.75 Å². The van der Waals surface area contributed by atoms with Gasteiger partial charge in [0, 0.05) is 22.6 Å². The summed E-state index contributed by atoms with van der Waals surface area (Å²) in [5.41, 5.74) is 5.85. The number of Topliss-reactive ketones (excluding diaryl/α,β-unsaturated/α-hetero) is 1. The minimum Gasteiger partial charge on any atom is -0.495 e. The normalized spacial score (nSPS) is 10.6. The van der Waals surface area contributed by atoms with E-state index in [4.69, 9.17) is 4.74 Å². The molecule has 1 heterocycles. The van der Waals surface area contributed by atoms with Crippen LogP contribution in [0, 0.1) is 20.8 Å². The molecule has 0 radical (unpaired) electrons. The maximum atomic E-state index is 12.8. The highest BCUT2D eigenvalue weighted by molar-refractivity contribution is 6.00. The Hall–Kier alpha value is -3.01. The van der Waals surface area contributed by atoms with E-state index in [-0.39, 0.29) is 12.3 Å². The summed E-state index contributed by atoms with van der Waals surface area (Å²) in [6.07, 6.45) is 0. The molecule has 0 aliphatic rings. The molecule has 1 aromatic heterocycles. The maximum Gasteiger partial charge on any atom is 0.183 e. The lowest BCUT2D eigenvalue weighted by Gasteiger charge is -2.11. The van der Waals surface area contributed by atoms with Crippen LogP contribution in [-0.2, 0) is 0 Å². The third kappa shape index (κ3) is 3.49. The molecule has 3 rings (SSSR count). The van der Waals surface area contributed by atoms with E-state index in [9.17, 15) is 4.79 Å². The molecular formula is C22H24N2O2. The fourth-order valence-corrected chi connectivity index (χ4v) is 3.20. The summed E-state index contributed by atoms with van der Waals surface area (Å²) in [4.78, 5) is 12.8. The molecule has 0 saturated heterocycles. The minimum atomic E-state index is 0.0577. The number of carbonyl (C=O) groups excluding carboxylic acids is 1. The lowest BCUT2D eigenvalue weighted by Crippen LogP contribution is -2.15. The number of benzene rings is 2. The van der Waals surface area contributed by atoms with E-state index in [0.29, 0.717) is 0 Å². The lowest BCUT2D eigenvalue weighted by molar-refractivity contribution is 0.101. The van der Waals surface area contributed by atoms with Crippen LogP contribution in [0.25, 0.3) is 5.69 Å². The van der Waals surface area contributed by atoms with E-state index in [1.165, 1.54) is 5.56 Å². The molecule has 0 bridgehead atoms. The van der Waals surface area contributed by atoms with E-state index in [2.05, 4.69) is 41.1 Å². The Morgan fingerprint density at radius 3 is 2.42 bits per heavy atom. The molecule has 0 aliphatic carbocycles. The lowest BCUT2D eigenvalue weighted by atomic mass is 10.1. The Morgan fingerprint density at radius 1 is 1.04 bits per heavy atom. The standard InChI is InChI=1S/C22H24N2O2/c1-15-9-11-18(12-10-15)24-16(2)13-19(17(24)3)21(25)14-23-20-7-5-6-8-22(20)26-4/h5-13,23H,14H2,1-4H3. The number of anilines is 1. The molecule has 134 valence electrons. The van der Waals surface area contributed by atoms with E-state index in [1.807, 2.05) is 44.2 Å². The first kappa shape index (κ1) is 17.8. The number of aromatic nitrogens is 1. The van der Waals surface area contributed by atoms with Gasteiger partial charge in [-0.2, -0.15) is 0 Å². The summed E-state index contributed by atoms with van der Waals surface area (Å²) in [7, 11) is 1.62. The number of nitrogens with zero attached hydrogens (tertiary/aromatic N) is 1. The van der Waals surface area contributed by atoms with Crippen molar-refractivity contribution in [2.75, 3.05) is 19.0 Å². The molecule has 26 heavy (non-hydrogen) atoms. The number of ketones is 1. The van der Waals surface area contributed by atoms with Crippen LogP contribution in [0.1, 0.15) is 27.3 Å². The molecule has 3 aromatic rings. The number of methoxy groups -OCH3 is 1. The predicted molar refractivity (Wildman–Crippen MR) is 106 cm³/mol. The van der Waals surface area contributed by atoms with E-state index < -0.39 is 0 Å². The summed E-state index contributed by atoms with van der Waals surface area (Å²) < 4.78 is 7.44. The molecule has 2 aromatic carbocycles. The van der Waals surface area contributed by atoms with Crippen LogP contribution < -0.4 is 10.1 Å². The quantitative estimate of drug-likeness (QED) is 0.656. The molecule has 0 fully saturated rings. The van der Waals surface area contributed by atoms with Gasteiger partial charge in [-0.1, -0.05) is 29.8 Å². The van der Waals surface area contributed by atoms with E-state index >= 15 is 0 Å². The number of aryl methyl sites for hydroxylation is 2. The van der Waals surface area contributed by atoms with Gasteiger partial charge in [0.2, 0.25) is 0 Å². The van der Waals surface area contributed by atoms with Crippen LogP contribution in [0.3, 0.4) is 0 Å². The number of nitrogens with one attached hydrogen (secondary N) is 1. The zero-order valence-corrected chi connectivity index (χ0v) is 15.7. The molecular weight excluding hydrogens is 324 g/mol. The SMILES string of the molecule is COc1ccccc1NCC(=O)c1cc(C)n(-c2ccc(C)cc2)c1C. The molecule has 0 unspecified atom stereocenters. The third-order valence-electron chi connectivity index (χ3n) is 4.57. The fraction of sp³-hybridized carbons (Fsp3) is 0.227. The van der Waals surface area contributed by atoms with Gasteiger partial charge < -0.3 is 14.6 Å². The van der Waals surface area contributed by atoms with Crippen LogP contribution >= 0.6 is 0 Å². The summed E-state index contributed by atoms with van der Waals surface area (Å²) in [5.74, 6) is 0.785. The number of hydrogen-bond donors (Lipinski definition) is 1. The third-order valence-corrected chi connectivity index (χ3v) is 4.57. The molecule has 0 spiro atoms. The highest BCUT2D eigenvalue weighted by Gasteiger charge is 2.17. The molecule has 0 aliphatic heterocycles. The first-order valence-electron chi connectivity index (χ1n) is 8.67. The largest absolute Gasteiger partial charge is 0.495 e. The van der Waals surface area contributed by atoms with Crippen molar-refractivity contribution in [1.82, 2.24) is 4.57 Å². The zero-order chi connectivity index (χ0) is 18.7.